The van der Waals surface area contributed by atoms with Crippen LogP contribution in [-0.2, 0) is 16.0 Å². The molecule has 0 heterocycles. The van der Waals surface area contributed by atoms with Gasteiger partial charge < -0.3 is 9.44 Å². The summed E-state index contributed by atoms with van der Waals surface area (Å²) in [6.45, 7) is 0. The zero-order chi connectivity index (χ0) is 8.97. The summed E-state index contributed by atoms with van der Waals surface area (Å²) in [5.41, 5.74) is 0. The van der Waals surface area contributed by atoms with Gasteiger partial charge in [-0.2, -0.15) is 4.89 Å². The SMILES string of the molecule is COOc1ccc(S(=O)[O-])cc1. The van der Waals surface area contributed by atoms with Crippen molar-refractivity contribution in [1.29, 1.82) is 0 Å². The molecule has 5 heteroatoms. The summed E-state index contributed by atoms with van der Waals surface area (Å²) in [5, 5.41) is 0. The van der Waals surface area contributed by atoms with E-state index in [1.54, 1.807) is 0 Å². The van der Waals surface area contributed by atoms with E-state index in [-0.39, 0.29) is 4.90 Å². The molecule has 0 spiro atoms. The summed E-state index contributed by atoms with van der Waals surface area (Å²) in [5.74, 6) is 0.465. The molecule has 1 atom stereocenters. The Morgan fingerprint density at radius 3 is 2.33 bits per heavy atom. The van der Waals surface area contributed by atoms with Gasteiger partial charge in [-0.15, -0.1) is 0 Å². The maximum absolute atomic E-state index is 10.4. The van der Waals surface area contributed by atoms with E-state index < -0.39 is 11.1 Å². The van der Waals surface area contributed by atoms with Gasteiger partial charge in [-0.1, -0.05) is 0 Å². The Labute approximate surface area is 72.3 Å². The van der Waals surface area contributed by atoms with Crippen molar-refractivity contribution in [2.24, 2.45) is 0 Å². The van der Waals surface area contributed by atoms with Crippen LogP contribution < -0.4 is 4.89 Å². The maximum atomic E-state index is 10.4. The topological polar surface area (TPSA) is 58.6 Å². The van der Waals surface area contributed by atoms with Gasteiger partial charge in [0.2, 0.25) is 0 Å². The van der Waals surface area contributed by atoms with Crippen LogP contribution >= 0.6 is 0 Å². The normalized spacial score (nSPS) is 12.5. The van der Waals surface area contributed by atoms with Gasteiger partial charge in [0.1, 0.15) is 0 Å². The largest absolute Gasteiger partial charge is 0.768 e. The summed E-state index contributed by atoms with van der Waals surface area (Å²) in [6.07, 6.45) is 0. The Hall–Kier alpha value is -0.910. The maximum Gasteiger partial charge on any atom is 0.165 e. The van der Waals surface area contributed by atoms with Crippen LogP contribution in [-0.4, -0.2) is 15.9 Å². The van der Waals surface area contributed by atoms with E-state index in [4.69, 9.17) is 0 Å². The molecule has 0 N–H and O–H groups in total. The number of benzene rings is 1. The van der Waals surface area contributed by atoms with Crippen molar-refractivity contribution in [2.75, 3.05) is 7.11 Å². The van der Waals surface area contributed by atoms with E-state index in [1.165, 1.54) is 31.4 Å². The smallest absolute Gasteiger partial charge is 0.165 e. The fourth-order valence-electron chi connectivity index (χ4n) is 0.703. The molecule has 1 aromatic carbocycles. The lowest BCUT2D eigenvalue weighted by atomic mass is 10.3. The van der Waals surface area contributed by atoms with Crippen molar-refractivity contribution < 1.29 is 18.5 Å². The molecule has 12 heavy (non-hydrogen) atoms. The van der Waals surface area contributed by atoms with Crippen LogP contribution in [0.25, 0.3) is 0 Å². The lowest BCUT2D eigenvalue weighted by molar-refractivity contribution is -0.178. The van der Waals surface area contributed by atoms with Gasteiger partial charge in [0.05, 0.1) is 7.11 Å². The van der Waals surface area contributed by atoms with E-state index in [0.717, 1.165) is 0 Å². The molecule has 0 radical (unpaired) electrons. The van der Waals surface area contributed by atoms with Crippen LogP contribution in [0.4, 0.5) is 0 Å². The average Bonchev–Trinajstić information content (AvgIpc) is 2.06. The predicted octanol–water partition coefficient (Wildman–Crippen LogP) is 0.865. The molecule has 0 fully saturated rings. The van der Waals surface area contributed by atoms with Gasteiger partial charge in [0.25, 0.3) is 0 Å². The van der Waals surface area contributed by atoms with Gasteiger partial charge in [-0.05, 0) is 35.3 Å². The minimum atomic E-state index is -2.19. The highest BCUT2D eigenvalue weighted by molar-refractivity contribution is 7.79. The lowest BCUT2D eigenvalue weighted by Crippen LogP contribution is -1.92. The molecule has 0 bridgehead atoms. The highest BCUT2D eigenvalue weighted by Gasteiger charge is 1.94. The second kappa shape index (κ2) is 4.20. The first-order valence-electron chi connectivity index (χ1n) is 3.14. The summed E-state index contributed by atoms with van der Waals surface area (Å²) in [7, 11) is 1.37. The van der Waals surface area contributed by atoms with Crippen LogP contribution in [0.15, 0.2) is 29.2 Å². The number of hydrogen-bond acceptors (Lipinski definition) is 4. The van der Waals surface area contributed by atoms with E-state index >= 15 is 0 Å². The van der Waals surface area contributed by atoms with Crippen molar-refractivity contribution in [3.63, 3.8) is 0 Å². The molecule has 0 aliphatic heterocycles. The minimum Gasteiger partial charge on any atom is -0.768 e. The Morgan fingerprint density at radius 1 is 1.33 bits per heavy atom. The average molecular weight is 187 g/mol. The van der Waals surface area contributed by atoms with E-state index in [9.17, 15) is 8.76 Å². The van der Waals surface area contributed by atoms with Crippen molar-refractivity contribution in [2.45, 2.75) is 4.90 Å². The molecule has 1 unspecified atom stereocenters. The van der Waals surface area contributed by atoms with Gasteiger partial charge in [-0.25, -0.2) is 0 Å². The molecular formula is C7H7O4S-. The summed E-state index contributed by atoms with van der Waals surface area (Å²) in [6, 6.07) is 5.87. The second-order valence-electron chi connectivity index (χ2n) is 1.96. The molecular weight excluding hydrogens is 180 g/mol. The van der Waals surface area contributed by atoms with E-state index in [2.05, 4.69) is 9.78 Å². The minimum absolute atomic E-state index is 0.221. The third-order valence-corrected chi connectivity index (χ3v) is 1.85. The Bertz CT molecular complexity index is 269. The fourth-order valence-corrected chi connectivity index (χ4v) is 1.06. The van der Waals surface area contributed by atoms with Gasteiger partial charge in [0, 0.05) is 4.90 Å². The first-order valence-corrected chi connectivity index (χ1v) is 4.21. The molecule has 1 rings (SSSR count). The predicted molar refractivity (Wildman–Crippen MR) is 41.3 cm³/mol. The molecule has 0 saturated heterocycles. The molecule has 0 amide bonds. The molecule has 0 aliphatic rings. The molecule has 0 aliphatic carbocycles. The van der Waals surface area contributed by atoms with E-state index in [1.807, 2.05) is 0 Å². The first kappa shape index (κ1) is 9.18. The van der Waals surface area contributed by atoms with Crippen molar-refractivity contribution in [3.05, 3.63) is 24.3 Å². The quantitative estimate of drug-likeness (QED) is 0.400. The lowest BCUT2D eigenvalue weighted by Gasteiger charge is -2.05. The Balaban J connectivity index is 2.78. The number of hydrogen-bond donors (Lipinski definition) is 0. The summed E-state index contributed by atoms with van der Waals surface area (Å²) >= 11 is -2.19. The van der Waals surface area contributed by atoms with Gasteiger partial charge in [-0.3, -0.25) is 4.21 Å². The first-order chi connectivity index (χ1) is 5.74. The molecule has 1 aromatic rings. The Kier molecular flexibility index (Phi) is 3.21. The Morgan fingerprint density at radius 2 is 1.92 bits per heavy atom. The van der Waals surface area contributed by atoms with Crippen LogP contribution in [0.2, 0.25) is 0 Å². The standard InChI is InChI=1S/C7H8O4S/c1-10-11-6-2-4-7(5-3-6)12(8)9/h2-5H,1H3,(H,8,9)/p-1. The summed E-state index contributed by atoms with van der Waals surface area (Å²) in [4.78, 5) is 9.23. The zero-order valence-corrected chi connectivity index (χ0v) is 7.17. The molecule has 0 aromatic heterocycles. The third kappa shape index (κ3) is 2.30. The highest BCUT2D eigenvalue weighted by Crippen LogP contribution is 2.13. The number of rotatable bonds is 3. The van der Waals surface area contributed by atoms with Crippen LogP contribution in [0, 0.1) is 0 Å². The molecule has 0 saturated carbocycles. The monoisotopic (exact) mass is 187 g/mol. The molecule has 4 nitrogen and oxygen atoms in total. The van der Waals surface area contributed by atoms with Crippen LogP contribution in [0.1, 0.15) is 0 Å². The molecule has 66 valence electrons. The van der Waals surface area contributed by atoms with Crippen molar-refractivity contribution >= 4 is 11.1 Å². The third-order valence-electron chi connectivity index (χ3n) is 1.20. The fraction of sp³-hybridized carbons (Fsp3) is 0.143. The van der Waals surface area contributed by atoms with Crippen molar-refractivity contribution in [1.82, 2.24) is 0 Å². The van der Waals surface area contributed by atoms with E-state index in [0.29, 0.717) is 5.75 Å². The van der Waals surface area contributed by atoms with Crippen LogP contribution in [0.3, 0.4) is 0 Å². The summed E-state index contributed by atoms with van der Waals surface area (Å²) < 4.78 is 20.8. The van der Waals surface area contributed by atoms with Gasteiger partial charge in [0.15, 0.2) is 5.75 Å². The van der Waals surface area contributed by atoms with Crippen molar-refractivity contribution in [3.8, 4) is 5.75 Å². The zero-order valence-electron chi connectivity index (χ0n) is 6.35. The second-order valence-corrected chi connectivity index (χ2v) is 2.90. The highest BCUT2D eigenvalue weighted by atomic mass is 32.2. The van der Waals surface area contributed by atoms with Gasteiger partial charge >= 0.3 is 0 Å². The van der Waals surface area contributed by atoms with Crippen LogP contribution in [0.5, 0.6) is 5.75 Å².